The number of benzene rings is 2. The Kier molecular flexibility index (Phi) is 3.97. The van der Waals surface area contributed by atoms with Crippen LogP contribution in [0.2, 0.25) is 0 Å². The van der Waals surface area contributed by atoms with Gasteiger partial charge in [-0.3, -0.25) is 4.90 Å². The summed E-state index contributed by atoms with van der Waals surface area (Å²) in [5.41, 5.74) is 4.53. The highest BCUT2D eigenvalue weighted by Crippen LogP contribution is 2.46. The van der Waals surface area contributed by atoms with Crippen LogP contribution in [0.25, 0.3) is 11.1 Å². The average molecular weight is 363 g/mol. The molecule has 1 aliphatic heterocycles. The minimum Gasteiger partial charge on any atom is -0.448 e. The van der Waals surface area contributed by atoms with Crippen LogP contribution in [0.4, 0.5) is 4.79 Å². The molecule has 0 aromatic heterocycles. The van der Waals surface area contributed by atoms with Gasteiger partial charge in [-0.15, -0.1) is 0 Å². The Morgan fingerprint density at radius 2 is 1.63 bits per heavy atom. The van der Waals surface area contributed by atoms with Crippen molar-refractivity contribution in [1.29, 1.82) is 0 Å². The van der Waals surface area contributed by atoms with E-state index in [2.05, 4.69) is 36.4 Å². The number of amides is 1. The molecule has 2 aromatic rings. The van der Waals surface area contributed by atoms with Crippen LogP contribution in [0.15, 0.2) is 48.5 Å². The maximum Gasteiger partial charge on any atom is 0.410 e. The molecule has 0 bridgehead atoms. The van der Waals surface area contributed by atoms with Gasteiger partial charge in [-0.2, -0.15) is 0 Å². The summed E-state index contributed by atoms with van der Waals surface area (Å²) in [7, 11) is 0. The van der Waals surface area contributed by atoms with Crippen LogP contribution in [-0.2, 0) is 4.74 Å². The van der Waals surface area contributed by atoms with Crippen LogP contribution in [-0.4, -0.2) is 40.9 Å². The molecule has 1 spiro atoms. The fourth-order valence-corrected chi connectivity index (χ4v) is 5.46. The molecule has 2 fully saturated rings. The maximum absolute atomic E-state index is 12.9. The fraction of sp³-hybridized carbons (Fsp3) is 0.435. The van der Waals surface area contributed by atoms with E-state index in [1.807, 2.05) is 17.0 Å². The van der Waals surface area contributed by atoms with E-state index >= 15 is 0 Å². The fourth-order valence-electron chi connectivity index (χ4n) is 5.46. The number of carbonyl (C=O) groups is 1. The third-order valence-corrected chi connectivity index (χ3v) is 6.81. The van der Waals surface area contributed by atoms with Gasteiger partial charge in [-0.25, -0.2) is 4.79 Å². The van der Waals surface area contributed by atoms with Gasteiger partial charge in [0.25, 0.3) is 0 Å². The number of hydrogen-bond donors (Lipinski definition) is 1. The molecule has 1 saturated heterocycles. The van der Waals surface area contributed by atoms with Gasteiger partial charge >= 0.3 is 6.09 Å². The van der Waals surface area contributed by atoms with Gasteiger partial charge in [0.1, 0.15) is 6.61 Å². The van der Waals surface area contributed by atoms with Crippen molar-refractivity contribution >= 4 is 6.09 Å². The minimum absolute atomic E-state index is 0.0772. The molecule has 140 valence electrons. The van der Waals surface area contributed by atoms with Crippen LogP contribution < -0.4 is 0 Å². The van der Waals surface area contributed by atoms with Gasteiger partial charge in [-0.1, -0.05) is 61.4 Å². The van der Waals surface area contributed by atoms with Crippen molar-refractivity contribution in [3.8, 4) is 11.1 Å². The normalized spacial score (nSPS) is 22.9. The molecule has 1 N–H and O–H groups in total. The molecule has 1 heterocycles. The third-order valence-electron chi connectivity index (χ3n) is 6.81. The first-order valence-corrected chi connectivity index (χ1v) is 10.0. The molecule has 5 rings (SSSR count). The van der Waals surface area contributed by atoms with Crippen molar-refractivity contribution in [2.75, 3.05) is 13.2 Å². The van der Waals surface area contributed by atoms with Crippen LogP contribution in [0.5, 0.6) is 0 Å². The number of nitrogens with zero attached hydrogens (tertiary/aromatic N) is 1. The second-order valence-corrected chi connectivity index (χ2v) is 8.07. The van der Waals surface area contributed by atoms with E-state index in [-0.39, 0.29) is 17.6 Å². The third kappa shape index (κ3) is 2.50. The predicted molar refractivity (Wildman–Crippen MR) is 104 cm³/mol. The number of fused-ring (bicyclic) bond motifs is 3. The summed E-state index contributed by atoms with van der Waals surface area (Å²) < 4.78 is 5.83. The number of aliphatic hydroxyl groups is 1. The van der Waals surface area contributed by atoms with Crippen molar-refractivity contribution in [3.63, 3.8) is 0 Å². The molecular weight excluding hydrogens is 338 g/mol. The number of aliphatic hydroxyl groups excluding tert-OH is 1. The first-order chi connectivity index (χ1) is 13.2. The van der Waals surface area contributed by atoms with Crippen LogP contribution in [0.3, 0.4) is 0 Å². The largest absolute Gasteiger partial charge is 0.448 e. The van der Waals surface area contributed by atoms with Crippen molar-refractivity contribution < 1.29 is 14.6 Å². The SMILES string of the molecule is O=C(OCC1c2ccccc2-c2ccccc21)N1CCC(O)C12CCCC2. The Morgan fingerprint density at radius 3 is 2.26 bits per heavy atom. The van der Waals surface area contributed by atoms with Crippen LogP contribution in [0.1, 0.15) is 49.1 Å². The highest BCUT2D eigenvalue weighted by Gasteiger charge is 2.52. The van der Waals surface area contributed by atoms with Crippen molar-refractivity contribution in [1.82, 2.24) is 4.90 Å². The molecule has 1 amide bonds. The summed E-state index contributed by atoms with van der Waals surface area (Å²) >= 11 is 0. The first-order valence-electron chi connectivity index (χ1n) is 10.0. The smallest absolute Gasteiger partial charge is 0.410 e. The lowest BCUT2D eigenvalue weighted by molar-refractivity contribution is 0.0212. The summed E-state index contributed by atoms with van der Waals surface area (Å²) in [5, 5.41) is 10.5. The Labute approximate surface area is 159 Å². The molecular formula is C23H25NO3. The zero-order chi connectivity index (χ0) is 18.4. The molecule has 1 unspecified atom stereocenters. The molecule has 4 heteroatoms. The predicted octanol–water partition coefficient (Wildman–Crippen LogP) is 4.31. The van der Waals surface area contributed by atoms with Gasteiger partial charge in [0.2, 0.25) is 0 Å². The van der Waals surface area contributed by atoms with E-state index in [0.717, 1.165) is 25.7 Å². The molecule has 3 aliphatic rings. The molecule has 1 saturated carbocycles. The van der Waals surface area contributed by atoms with E-state index in [4.69, 9.17) is 4.74 Å². The Balaban J connectivity index is 1.37. The van der Waals surface area contributed by atoms with Gasteiger partial charge < -0.3 is 9.84 Å². The van der Waals surface area contributed by atoms with E-state index in [9.17, 15) is 9.90 Å². The molecule has 2 aromatic carbocycles. The number of likely N-dealkylation sites (tertiary alicyclic amines) is 1. The number of carbonyl (C=O) groups excluding carboxylic acids is 1. The molecule has 4 nitrogen and oxygen atoms in total. The van der Waals surface area contributed by atoms with E-state index < -0.39 is 6.10 Å². The highest BCUT2D eigenvalue weighted by atomic mass is 16.6. The molecule has 1 atom stereocenters. The molecule has 27 heavy (non-hydrogen) atoms. The molecule has 0 radical (unpaired) electrons. The maximum atomic E-state index is 12.9. The lowest BCUT2D eigenvalue weighted by Gasteiger charge is -2.36. The summed E-state index contributed by atoms with van der Waals surface area (Å²) in [6, 6.07) is 16.7. The van der Waals surface area contributed by atoms with E-state index in [0.29, 0.717) is 19.6 Å². The number of ether oxygens (including phenoxy) is 1. The second kappa shape index (κ2) is 6.38. The van der Waals surface area contributed by atoms with Crippen LogP contribution in [0, 0.1) is 0 Å². The highest BCUT2D eigenvalue weighted by molar-refractivity contribution is 5.79. The van der Waals surface area contributed by atoms with E-state index in [1.54, 1.807) is 0 Å². The zero-order valence-corrected chi connectivity index (χ0v) is 15.4. The van der Waals surface area contributed by atoms with Gasteiger partial charge in [-0.05, 0) is 41.5 Å². The number of rotatable bonds is 2. The first kappa shape index (κ1) is 16.8. The topological polar surface area (TPSA) is 49.8 Å². The number of hydrogen-bond acceptors (Lipinski definition) is 3. The lowest BCUT2D eigenvalue weighted by Crippen LogP contribution is -2.51. The lowest BCUT2D eigenvalue weighted by atomic mass is 9.91. The summed E-state index contributed by atoms with van der Waals surface area (Å²) in [4.78, 5) is 14.7. The average Bonchev–Trinajstić information content (AvgIpc) is 3.39. The Morgan fingerprint density at radius 1 is 1.04 bits per heavy atom. The van der Waals surface area contributed by atoms with Crippen molar-refractivity contribution in [3.05, 3.63) is 59.7 Å². The zero-order valence-electron chi connectivity index (χ0n) is 15.4. The Hall–Kier alpha value is -2.33. The summed E-state index contributed by atoms with van der Waals surface area (Å²) in [6.45, 7) is 0.938. The van der Waals surface area contributed by atoms with Crippen LogP contribution >= 0.6 is 0 Å². The summed E-state index contributed by atoms with van der Waals surface area (Å²) in [5.74, 6) is 0.0772. The second-order valence-electron chi connectivity index (χ2n) is 8.07. The molecule has 2 aliphatic carbocycles. The summed E-state index contributed by atoms with van der Waals surface area (Å²) in [6.07, 6.45) is 3.89. The van der Waals surface area contributed by atoms with Gasteiger partial charge in [0.05, 0.1) is 11.6 Å². The monoisotopic (exact) mass is 363 g/mol. The Bertz CT molecular complexity index is 826. The minimum atomic E-state index is -0.416. The quantitative estimate of drug-likeness (QED) is 0.865. The van der Waals surface area contributed by atoms with Gasteiger partial charge in [0, 0.05) is 12.5 Å². The van der Waals surface area contributed by atoms with Gasteiger partial charge in [0.15, 0.2) is 0 Å². The van der Waals surface area contributed by atoms with E-state index in [1.165, 1.54) is 22.3 Å². The standard InChI is InChI=1S/C23H25NO3/c25-21-11-14-24(23(21)12-5-6-13-23)22(26)27-15-20-18-9-3-1-7-16(18)17-8-2-4-10-19(17)20/h1-4,7-10,20-21,25H,5-6,11-15H2. The van der Waals surface area contributed by atoms with Crippen molar-refractivity contribution in [2.45, 2.75) is 49.7 Å². The van der Waals surface area contributed by atoms with Crippen molar-refractivity contribution in [2.24, 2.45) is 0 Å².